The average molecular weight is 386 g/mol. The lowest BCUT2D eigenvalue weighted by atomic mass is 10.1. The number of carbonyl (C=O) groups is 3. The van der Waals surface area contributed by atoms with Gasteiger partial charge in [0.2, 0.25) is 11.8 Å². The molecule has 0 spiro atoms. The molecule has 2 aromatic rings. The number of anilines is 1. The van der Waals surface area contributed by atoms with E-state index >= 15 is 0 Å². The SMILES string of the molecule is CCC[C@H](NC(=O)NCc1ccc(F)cc1)C(=O)Nc1ccc(C(N)=O)cc1. The van der Waals surface area contributed by atoms with Crippen molar-refractivity contribution in [3.63, 3.8) is 0 Å². The van der Waals surface area contributed by atoms with Gasteiger partial charge in [-0.2, -0.15) is 0 Å². The third kappa shape index (κ3) is 6.39. The first-order valence-corrected chi connectivity index (χ1v) is 8.88. The van der Waals surface area contributed by atoms with Gasteiger partial charge in [0.05, 0.1) is 0 Å². The van der Waals surface area contributed by atoms with Gasteiger partial charge in [0.15, 0.2) is 0 Å². The average Bonchev–Trinajstić information content (AvgIpc) is 2.67. The molecule has 8 heteroatoms. The molecule has 0 aromatic heterocycles. The monoisotopic (exact) mass is 386 g/mol. The number of hydrogen-bond acceptors (Lipinski definition) is 3. The van der Waals surface area contributed by atoms with E-state index in [2.05, 4.69) is 16.0 Å². The third-order valence-electron chi connectivity index (χ3n) is 4.00. The van der Waals surface area contributed by atoms with E-state index in [1.165, 1.54) is 24.3 Å². The van der Waals surface area contributed by atoms with Crippen LogP contribution < -0.4 is 21.7 Å². The molecule has 0 radical (unpaired) electrons. The number of carbonyl (C=O) groups excluding carboxylic acids is 3. The molecule has 0 aliphatic heterocycles. The second kappa shape index (κ2) is 10.1. The summed E-state index contributed by atoms with van der Waals surface area (Å²) in [5.74, 6) is -1.27. The molecule has 0 unspecified atom stereocenters. The molecule has 0 bridgehead atoms. The topological polar surface area (TPSA) is 113 Å². The van der Waals surface area contributed by atoms with Crippen LogP contribution in [0.5, 0.6) is 0 Å². The van der Waals surface area contributed by atoms with Gasteiger partial charge in [-0.05, 0) is 48.4 Å². The number of urea groups is 1. The minimum absolute atomic E-state index is 0.209. The quantitative estimate of drug-likeness (QED) is 0.559. The molecular weight excluding hydrogens is 363 g/mol. The summed E-state index contributed by atoms with van der Waals surface area (Å²) >= 11 is 0. The van der Waals surface area contributed by atoms with Crippen molar-refractivity contribution >= 4 is 23.5 Å². The fourth-order valence-corrected chi connectivity index (χ4v) is 2.50. The van der Waals surface area contributed by atoms with E-state index in [9.17, 15) is 18.8 Å². The molecule has 2 aromatic carbocycles. The van der Waals surface area contributed by atoms with Crippen LogP contribution in [0.3, 0.4) is 0 Å². The van der Waals surface area contributed by atoms with E-state index in [1.54, 1.807) is 24.3 Å². The van der Waals surface area contributed by atoms with Gasteiger partial charge in [-0.25, -0.2) is 9.18 Å². The summed E-state index contributed by atoms with van der Waals surface area (Å²) in [4.78, 5) is 35.7. The van der Waals surface area contributed by atoms with E-state index in [1.807, 2.05) is 6.92 Å². The third-order valence-corrected chi connectivity index (χ3v) is 4.00. The smallest absolute Gasteiger partial charge is 0.315 e. The second-order valence-corrected chi connectivity index (χ2v) is 6.23. The first kappa shape index (κ1) is 20.9. The van der Waals surface area contributed by atoms with Crippen LogP contribution in [0.1, 0.15) is 35.7 Å². The standard InChI is InChI=1S/C20H23FN4O3/c1-2-3-17(19(27)24-16-10-6-14(7-11-16)18(22)26)25-20(28)23-12-13-4-8-15(21)9-5-13/h4-11,17H,2-3,12H2,1H3,(H2,22,26)(H,24,27)(H2,23,25,28)/t17-/m0/s1. The number of nitrogens with two attached hydrogens (primary N) is 1. The summed E-state index contributed by atoms with van der Waals surface area (Å²) in [6.07, 6.45) is 1.14. The maximum Gasteiger partial charge on any atom is 0.315 e. The first-order chi connectivity index (χ1) is 13.4. The Kier molecular flexibility index (Phi) is 7.50. The van der Waals surface area contributed by atoms with Crippen molar-refractivity contribution in [2.24, 2.45) is 5.73 Å². The fourth-order valence-electron chi connectivity index (χ4n) is 2.50. The van der Waals surface area contributed by atoms with Gasteiger partial charge >= 0.3 is 6.03 Å². The molecule has 5 N–H and O–H groups in total. The van der Waals surface area contributed by atoms with E-state index in [-0.39, 0.29) is 18.3 Å². The molecule has 0 saturated carbocycles. The summed E-state index contributed by atoms with van der Waals surface area (Å²) in [6, 6.07) is 10.7. The number of amides is 4. The predicted molar refractivity (Wildman–Crippen MR) is 104 cm³/mol. The number of benzene rings is 2. The maximum absolute atomic E-state index is 12.9. The van der Waals surface area contributed by atoms with Gasteiger partial charge in [-0.15, -0.1) is 0 Å². The predicted octanol–water partition coefficient (Wildman–Crippen LogP) is 2.53. The van der Waals surface area contributed by atoms with Gasteiger partial charge in [-0.1, -0.05) is 25.5 Å². The zero-order valence-corrected chi connectivity index (χ0v) is 15.5. The van der Waals surface area contributed by atoms with Crippen molar-refractivity contribution < 1.29 is 18.8 Å². The number of primary amides is 1. The Morgan fingerprint density at radius 2 is 1.68 bits per heavy atom. The molecule has 4 amide bonds. The summed E-state index contributed by atoms with van der Waals surface area (Å²) in [6.45, 7) is 2.11. The Morgan fingerprint density at radius 1 is 1.04 bits per heavy atom. The highest BCUT2D eigenvalue weighted by Crippen LogP contribution is 2.11. The molecule has 7 nitrogen and oxygen atoms in total. The minimum Gasteiger partial charge on any atom is -0.366 e. The Hall–Kier alpha value is -3.42. The van der Waals surface area contributed by atoms with Gasteiger partial charge in [0, 0.05) is 17.8 Å². The van der Waals surface area contributed by atoms with Crippen LogP contribution >= 0.6 is 0 Å². The lowest BCUT2D eigenvalue weighted by Crippen LogP contribution is -2.47. The van der Waals surface area contributed by atoms with Gasteiger partial charge in [-0.3, -0.25) is 9.59 Å². The Balaban J connectivity index is 1.91. The van der Waals surface area contributed by atoms with Gasteiger partial charge < -0.3 is 21.7 Å². The number of hydrogen-bond donors (Lipinski definition) is 4. The number of rotatable bonds is 8. The van der Waals surface area contributed by atoms with Gasteiger partial charge in [0.25, 0.3) is 0 Å². The van der Waals surface area contributed by atoms with E-state index in [0.29, 0.717) is 24.1 Å². The van der Waals surface area contributed by atoms with Crippen molar-refractivity contribution in [3.8, 4) is 0 Å². The van der Waals surface area contributed by atoms with Crippen LogP contribution in [-0.4, -0.2) is 23.9 Å². The van der Waals surface area contributed by atoms with Crippen molar-refractivity contribution in [2.45, 2.75) is 32.4 Å². The Morgan fingerprint density at radius 3 is 2.25 bits per heavy atom. The van der Waals surface area contributed by atoms with Gasteiger partial charge in [0.1, 0.15) is 11.9 Å². The lowest BCUT2D eigenvalue weighted by molar-refractivity contribution is -0.118. The highest BCUT2D eigenvalue weighted by Gasteiger charge is 2.20. The summed E-state index contributed by atoms with van der Waals surface area (Å²) < 4.78 is 12.9. The number of nitrogens with one attached hydrogen (secondary N) is 3. The van der Waals surface area contributed by atoms with Crippen molar-refractivity contribution in [1.82, 2.24) is 10.6 Å². The van der Waals surface area contributed by atoms with Crippen molar-refractivity contribution in [3.05, 3.63) is 65.5 Å². The number of halogens is 1. The minimum atomic E-state index is -0.728. The zero-order chi connectivity index (χ0) is 20.5. The normalized spacial score (nSPS) is 11.4. The second-order valence-electron chi connectivity index (χ2n) is 6.23. The molecule has 0 saturated heterocycles. The Labute approximate surface area is 162 Å². The summed E-state index contributed by atoms with van der Waals surface area (Å²) in [7, 11) is 0. The summed E-state index contributed by atoms with van der Waals surface area (Å²) in [5, 5.41) is 7.98. The van der Waals surface area contributed by atoms with E-state index in [4.69, 9.17) is 5.73 Å². The van der Waals surface area contributed by atoms with Crippen LogP contribution in [0, 0.1) is 5.82 Å². The first-order valence-electron chi connectivity index (χ1n) is 8.88. The summed E-state index contributed by atoms with van der Waals surface area (Å²) in [5.41, 5.74) is 6.75. The zero-order valence-electron chi connectivity index (χ0n) is 15.5. The molecule has 1 atom stereocenters. The van der Waals surface area contributed by atoms with Crippen LogP contribution in [0.25, 0.3) is 0 Å². The van der Waals surface area contributed by atoms with Crippen LogP contribution in [-0.2, 0) is 11.3 Å². The highest BCUT2D eigenvalue weighted by atomic mass is 19.1. The highest BCUT2D eigenvalue weighted by molar-refractivity contribution is 5.98. The van der Waals surface area contributed by atoms with Crippen molar-refractivity contribution in [1.29, 1.82) is 0 Å². The molecule has 28 heavy (non-hydrogen) atoms. The molecule has 148 valence electrons. The molecule has 2 rings (SSSR count). The molecular formula is C20H23FN4O3. The van der Waals surface area contributed by atoms with E-state index in [0.717, 1.165) is 5.56 Å². The van der Waals surface area contributed by atoms with Crippen LogP contribution in [0.4, 0.5) is 14.9 Å². The van der Waals surface area contributed by atoms with E-state index < -0.39 is 18.0 Å². The van der Waals surface area contributed by atoms with Crippen LogP contribution in [0.15, 0.2) is 48.5 Å². The molecule has 0 aliphatic rings. The largest absolute Gasteiger partial charge is 0.366 e. The Bertz CT molecular complexity index is 822. The van der Waals surface area contributed by atoms with Crippen molar-refractivity contribution in [2.75, 3.05) is 5.32 Å². The fraction of sp³-hybridized carbons (Fsp3) is 0.250. The molecule has 0 aliphatic carbocycles. The lowest BCUT2D eigenvalue weighted by Gasteiger charge is -2.18. The maximum atomic E-state index is 12.9. The molecule has 0 fully saturated rings. The van der Waals surface area contributed by atoms with Crippen LogP contribution in [0.2, 0.25) is 0 Å². The molecule has 0 heterocycles.